The first-order valence-electron chi connectivity index (χ1n) is 34.9. The average molecular weight is 1290 g/mol. The lowest BCUT2D eigenvalue weighted by molar-refractivity contribution is 0.346. The summed E-state index contributed by atoms with van der Waals surface area (Å²) in [6, 6.07) is 59.5. The third-order valence-electron chi connectivity index (χ3n) is 17.6. The summed E-state index contributed by atoms with van der Waals surface area (Å²) in [4.78, 5) is 32.7. The maximum Gasteiger partial charge on any atom is 0.289 e. The quantitative estimate of drug-likeness (QED) is 0.0589. The summed E-state index contributed by atoms with van der Waals surface area (Å²) in [5.41, 5.74) is 21.2. The molecule has 6 N–H and O–H groups in total. The van der Waals surface area contributed by atoms with E-state index in [1.54, 1.807) is 0 Å². The standard InChI is InChI=1S/2C13H17N.2C12H16N2.C11H15N3.C10H13N3.C10H12N2O/c2*1-11-5-2-3-6-12(11)8-9-13-7-4-10-14-13;2*1-10-4-2-3-5-11(10)6-7-12-13-8-9-14-12;1-9-5-3-4-6-10(9)13-11-12-7-8-14(11)2;1-8-4-2-3-5-9(8)13-10-11-6-7-12-10;1-8-4-2-3-5-9(8)12-10-11-6-7-13-10/h2*2-3,5-6H,4,7-10H2,1H3;2*2-5H,6-9H2,1H3,(H,13,14);3-6H,7-8H2,1-2H3,(H,12,13);2-5H,6-7H2,1H3,(H2,11,12,13);2-5H,6-7H2,1H3,(H,11,12). The zero-order chi connectivity index (χ0) is 67.4. The minimum Gasteiger partial charge on any atom is -0.463 e. The number of aryl methyl sites for hydroxylation is 11. The van der Waals surface area contributed by atoms with Crippen molar-refractivity contribution >= 4 is 58.1 Å². The summed E-state index contributed by atoms with van der Waals surface area (Å²) in [5.74, 6) is 4.20. The Hall–Kier alpha value is -9.37. The van der Waals surface area contributed by atoms with Gasteiger partial charge >= 0.3 is 0 Å². The molecular weight excluding hydrogens is 1180 g/mol. The van der Waals surface area contributed by atoms with Gasteiger partial charge in [-0.15, -0.1) is 0 Å². The van der Waals surface area contributed by atoms with Crippen LogP contribution in [0.4, 0.5) is 17.1 Å². The van der Waals surface area contributed by atoms with Gasteiger partial charge in [-0.05, 0) is 192 Å². The number of likely N-dealkylation sites (N-methyl/N-ethyl adjacent to an activating group) is 1. The Morgan fingerprint density at radius 3 is 1.08 bits per heavy atom. The highest BCUT2D eigenvalue weighted by molar-refractivity contribution is 5.96. The fourth-order valence-corrected chi connectivity index (χ4v) is 11.5. The summed E-state index contributed by atoms with van der Waals surface area (Å²) in [6.07, 6.45) is 13.9. The fraction of sp³-hybridized carbons (Fsp3) is 0.395. The summed E-state index contributed by atoms with van der Waals surface area (Å²) >= 11 is 0. The number of aliphatic imine (C=N–C) groups is 7. The molecule has 0 aliphatic carbocycles. The van der Waals surface area contributed by atoms with Gasteiger partial charge in [0.05, 0.1) is 44.4 Å². The predicted octanol–water partition coefficient (Wildman–Crippen LogP) is 15.1. The van der Waals surface area contributed by atoms with Crippen LogP contribution in [0, 0.1) is 48.5 Å². The van der Waals surface area contributed by atoms with Crippen molar-refractivity contribution in [3.8, 4) is 0 Å². The van der Waals surface area contributed by atoms with Crippen molar-refractivity contribution in [2.45, 2.75) is 126 Å². The molecule has 15 heteroatoms. The van der Waals surface area contributed by atoms with Crippen LogP contribution in [0.15, 0.2) is 205 Å². The van der Waals surface area contributed by atoms with E-state index in [1.165, 1.54) is 110 Å². The number of rotatable bonds is 15. The second-order valence-electron chi connectivity index (χ2n) is 25.0. The molecule has 7 aromatic rings. The lowest BCUT2D eigenvalue weighted by Crippen LogP contribution is -2.29. The molecule has 7 aliphatic heterocycles. The number of hydrogen-bond acceptors (Lipinski definition) is 15. The van der Waals surface area contributed by atoms with Gasteiger partial charge < -0.3 is 41.5 Å². The molecule has 0 amide bonds. The number of nitrogens with zero attached hydrogens (tertiary/aromatic N) is 8. The molecule has 506 valence electrons. The molecule has 0 aromatic heterocycles. The largest absolute Gasteiger partial charge is 0.463 e. The third kappa shape index (κ3) is 25.7. The number of benzene rings is 7. The lowest BCUT2D eigenvalue weighted by atomic mass is 10.0. The molecule has 0 unspecified atom stereocenters. The number of amidine groups is 3. The van der Waals surface area contributed by atoms with Crippen LogP contribution in [0.3, 0.4) is 0 Å². The van der Waals surface area contributed by atoms with E-state index in [0.717, 1.165) is 152 Å². The minimum atomic E-state index is 0.634. The number of guanidine groups is 2. The van der Waals surface area contributed by atoms with Crippen LogP contribution in [-0.4, -0.2) is 132 Å². The van der Waals surface area contributed by atoms with Crippen molar-refractivity contribution in [3.05, 3.63) is 231 Å². The molecule has 0 atom stereocenters. The van der Waals surface area contributed by atoms with Crippen molar-refractivity contribution < 1.29 is 4.74 Å². The first kappa shape index (κ1) is 72.5. The van der Waals surface area contributed by atoms with Crippen LogP contribution in [0.25, 0.3) is 0 Å². The molecule has 7 aliphatic rings. The van der Waals surface area contributed by atoms with Gasteiger partial charge in [-0.3, -0.25) is 30.0 Å². The fourth-order valence-electron chi connectivity index (χ4n) is 11.5. The molecule has 0 saturated carbocycles. The minimum absolute atomic E-state index is 0.634. The molecule has 7 heterocycles. The monoisotopic (exact) mass is 1290 g/mol. The molecule has 15 nitrogen and oxygen atoms in total. The summed E-state index contributed by atoms with van der Waals surface area (Å²) in [7, 11) is 2.05. The van der Waals surface area contributed by atoms with Crippen LogP contribution < -0.4 is 31.9 Å². The van der Waals surface area contributed by atoms with Crippen molar-refractivity contribution in [1.82, 2.24) is 20.9 Å². The smallest absolute Gasteiger partial charge is 0.289 e. The molecule has 7 aromatic carbocycles. The first-order chi connectivity index (χ1) is 46.9. The zero-order valence-corrected chi connectivity index (χ0v) is 58.6. The molecular formula is C81H106N14O. The van der Waals surface area contributed by atoms with E-state index in [1.807, 2.05) is 42.5 Å². The van der Waals surface area contributed by atoms with Crippen LogP contribution in [-0.2, 0) is 30.4 Å². The van der Waals surface area contributed by atoms with E-state index in [4.69, 9.17) is 4.74 Å². The van der Waals surface area contributed by atoms with E-state index in [-0.39, 0.29) is 0 Å². The molecule has 14 rings (SSSR count). The van der Waals surface area contributed by atoms with E-state index >= 15 is 0 Å². The van der Waals surface area contributed by atoms with Crippen LogP contribution in [0.2, 0.25) is 0 Å². The van der Waals surface area contributed by atoms with Gasteiger partial charge in [-0.2, -0.15) is 0 Å². The third-order valence-corrected chi connectivity index (χ3v) is 17.6. The zero-order valence-electron chi connectivity index (χ0n) is 58.6. The Bertz CT molecular complexity index is 3400. The number of para-hydroxylation sites is 3. The highest BCUT2D eigenvalue weighted by atomic mass is 16.5. The van der Waals surface area contributed by atoms with Gasteiger partial charge in [0.15, 0.2) is 11.9 Å². The Labute approximate surface area is 573 Å². The lowest BCUT2D eigenvalue weighted by Gasteiger charge is -2.16. The van der Waals surface area contributed by atoms with Gasteiger partial charge in [0.25, 0.3) is 6.02 Å². The maximum atomic E-state index is 5.25. The summed E-state index contributed by atoms with van der Waals surface area (Å²) in [6.45, 7) is 26.1. The number of nitrogens with one attached hydrogen (secondary N) is 6. The van der Waals surface area contributed by atoms with Gasteiger partial charge in [-0.25, -0.2) is 4.99 Å². The van der Waals surface area contributed by atoms with E-state index < -0.39 is 0 Å². The van der Waals surface area contributed by atoms with Gasteiger partial charge in [-0.1, -0.05) is 152 Å². The van der Waals surface area contributed by atoms with Crippen LogP contribution >= 0.6 is 0 Å². The number of hydrogen-bond donors (Lipinski definition) is 6. The molecule has 0 saturated heterocycles. The van der Waals surface area contributed by atoms with Crippen LogP contribution in [0.5, 0.6) is 0 Å². The van der Waals surface area contributed by atoms with Gasteiger partial charge in [0.2, 0.25) is 0 Å². The molecule has 0 fully saturated rings. The summed E-state index contributed by atoms with van der Waals surface area (Å²) in [5, 5.41) is 19.5. The maximum absolute atomic E-state index is 5.25. The number of anilines is 3. The SMILES string of the molecule is Cc1ccccc1CCC1=NCCC1.Cc1ccccc1CCC1=NCCC1.Cc1ccccc1CCC1=NCCN1.Cc1ccccc1CCC1=NCCN1.Cc1ccccc1NC1=NCCN1.Cc1ccccc1NC1=NCCN1C.Cc1ccccc1NC1=NCCO1. The van der Waals surface area contributed by atoms with Gasteiger partial charge in [0.1, 0.15) is 6.61 Å². The highest BCUT2D eigenvalue weighted by Gasteiger charge is 2.14. The van der Waals surface area contributed by atoms with Crippen LogP contribution in [0.1, 0.15) is 113 Å². The van der Waals surface area contributed by atoms with E-state index in [2.05, 4.69) is 255 Å². The predicted molar refractivity (Wildman–Crippen MR) is 410 cm³/mol. The van der Waals surface area contributed by atoms with Crippen molar-refractivity contribution in [3.63, 3.8) is 0 Å². The summed E-state index contributed by atoms with van der Waals surface area (Å²) < 4.78 is 5.25. The first-order valence-corrected chi connectivity index (χ1v) is 34.9. The second-order valence-corrected chi connectivity index (χ2v) is 25.0. The Balaban J connectivity index is 0.000000143. The van der Waals surface area contributed by atoms with Crippen molar-refractivity contribution in [1.29, 1.82) is 0 Å². The topological polar surface area (TPSA) is 171 Å². The molecule has 0 spiro atoms. The van der Waals surface area contributed by atoms with E-state index in [9.17, 15) is 0 Å². The van der Waals surface area contributed by atoms with Gasteiger partial charge in [0, 0.05) is 87.6 Å². The highest BCUT2D eigenvalue weighted by Crippen LogP contribution is 2.20. The second kappa shape index (κ2) is 40.8. The Kier molecular flexibility index (Phi) is 30.8. The van der Waals surface area contributed by atoms with Crippen molar-refractivity contribution in [2.24, 2.45) is 34.9 Å². The number of ether oxygens (including phenoxy) is 1. The Morgan fingerprint density at radius 2 is 0.740 bits per heavy atom. The van der Waals surface area contributed by atoms with E-state index in [0.29, 0.717) is 12.6 Å². The molecule has 0 bridgehead atoms. The molecule has 96 heavy (non-hydrogen) atoms. The normalized spacial score (nSPS) is 15.3. The average Bonchev–Trinajstić information content (AvgIpc) is 2.60. The Morgan fingerprint density at radius 1 is 0.354 bits per heavy atom. The van der Waals surface area contributed by atoms with Crippen molar-refractivity contribution in [2.75, 3.05) is 102 Å². The molecule has 0 radical (unpaired) electrons.